The van der Waals surface area contributed by atoms with E-state index in [0.717, 1.165) is 42.0 Å². The van der Waals surface area contributed by atoms with Gasteiger partial charge in [-0.25, -0.2) is 0 Å². The molecule has 4 aromatic carbocycles. The van der Waals surface area contributed by atoms with Gasteiger partial charge in [0, 0.05) is 46.6 Å². The average molecular weight is 635 g/mol. The van der Waals surface area contributed by atoms with Crippen LogP contribution in [0.1, 0.15) is 43.7 Å². The Morgan fingerprint density at radius 3 is 2.36 bits per heavy atom. The summed E-state index contributed by atoms with van der Waals surface area (Å²) in [7, 11) is 0.616. The number of para-hydroxylation sites is 2. The Kier molecular flexibility index (Phi) is 9.33. The lowest BCUT2D eigenvalue weighted by Crippen LogP contribution is -2.53. The molecule has 0 radical (unpaired) electrons. The second kappa shape index (κ2) is 13.6. The Hall–Kier alpha value is -4.67. The van der Waals surface area contributed by atoms with Crippen molar-refractivity contribution in [3.05, 3.63) is 151 Å². The van der Waals surface area contributed by atoms with Gasteiger partial charge in [0.05, 0.1) is 25.9 Å². The molecular weight excluding hydrogens is 587 g/mol. The van der Waals surface area contributed by atoms with Gasteiger partial charge >= 0.3 is 0 Å². The first-order valence-corrected chi connectivity index (χ1v) is 20.4. The van der Waals surface area contributed by atoms with Crippen molar-refractivity contribution in [1.29, 1.82) is 0 Å². The molecule has 0 aliphatic carbocycles. The van der Waals surface area contributed by atoms with Crippen molar-refractivity contribution >= 4 is 41.1 Å². The molecule has 2 unspecified atom stereocenters. The molecule has 1 aromatic heterocycles. The van der Waals surface area contributed by atoms with Crippen LogP contribution in [0, 0.1) is 0 Å². The van der Waals surface area contributed by atoms with Gasteiger partial charge in [0.25, 0.3) is 0 Å². The van der Waals surface area contributed by atoms with Crippen LogP contribution in [0.3, 0.4) is 0 Å². The summed E-state index contributed by atoms with van der Waals surface area (Å²) < 4.78 is 2.60. The number of anilines is 3. The van der Waals surface area contributed by atoms with Crippen molar-refractivity contribution in [3.63, 3.8) is 0 Å². The van der Waals surface area contributed by atoms with E-state index < -0.39 is 8.07 Å². The van der Waals surface area contributed by atoms with Gasteiger partial charge < -0.3 is 10.2 Å². The number of pyridine rings is 1. The zero-order valence-electron chi connectivity index (χ0n) is 28.6. The van der Waals surface area contributed by atoms with Crippen LogP contribution >= 0.6 is 0 Å². The average Bonchev–Trinajstić information content (AvgIpc) is 3.07. The first-order chi connectivity index (χ1) is 22.7. The lowest BCUT2D eigenvalue weighted by molar-refractivity contribution is -0.717. The minimum Gasteiger partial charge on any atom is -0.353 e. The van der Waals surface area contributed by atoms with Crippen LogP contribution < -0.4 is 20.0 Å². The van der Waals surface area contributed by atoms with Crippen molar-refractivity contribution < 1.29 is 4.57 Å². The quantitative estimate of drug-likeness (QED) is 0.0886. The molecule has 5 aromatic rings. The highest BCUT2D eigenvalue weighted by Gasteiger charge is 2.41. The summed E-state index contributed by atoms with van der Waals surface area (Å²) in [6.07, 6.45) is 9.55. The SMILES string of the molecule is C=C(/C=C\C)CCC1c2ccccc2-c2ccc([Si](C)(C)C)c[n+]2C1CC(=C)N(C)c1ccccc1Nc1cccc2ccccc12. The molecule has 0 saturated carbocycles. The Balaban J connectivity index is 1.37. The molecule has 4 heteroatoms. The Labute approximate surface area is 282 Å². The third kappa shape index (κ3) is 6.75. The number of hydrogen-bond acceptors (Lipinski definition) is 2. The van der Waals surface area contributed by atoms with Crippen molar-refractivity contribution in [2.75, 3.05) is 17.3 Å². The molecule has 6 rings (SSSR count). The Morgan fingerprint density at radius 2 is 1.55 bits per heavy atom. The van der Waals surface area contributed by atoms with Gasteiger partial charge in [-0.3, -0.25) is 0 Å². The topological polar surface area (TPSA) is 19.1 Å². The first-order valence-electron chi connectivity index (χ1n) is 16.9. The van der Waals surface area contributed by atoms with Crippen LogP contribution in [-0.2, 0) is 0 Å². The third-order valence-electron chi connectivity index (χ3n) is 9.72. The van der Waals surface area contributed by atoms with Gasteiger partial charge in [0.2, 0.25) is 5.69 Å². The predicted molar refractivity (Wildman–Crippen MR) is 206 cm³/mol. The molecule has 0 amide bonds. The fraction of sp³-hybridized carbons (Fsp3) is 0.233. The molecule has 1 N–H and O–H groups in total. The highest BCUT2D eigenvalue weighted by Crippen LogP contribution is 2.44. The smallest absolute Gasteiger partial charge is 0.213 e. The van der Waals surface area contributed by atoms with Gasteiger partial charge in [-0.1, -0.05) is 123 Å². The van der Waals surface area contributed by atoms with Gasteiger partial charge in [0.1, 0.15) is 0 Å². The number of nitrogens with one attached hydrogen (secondary N) is 1. The van der Waals surface area contributed by atoms with Gasteiger partial charge in [0.15, 0.2) is 12.2 Å². The van der Waals surface area contributed by atoms with E-state index in [-0.39, 0.29) is 6.04 Å². The van der Waals surface area contributed by atoms with E-state index in [9.17, 15) is 0 Å². The van der Waals surface area contributed by atoms with Gasteiger partial charge in [-0.2, -0.15) is 4.57 Å². The molecule has 1 aliphatic rings. The third-order valence-corrected chi connectivity index (χ3v) is 11.8. The van der Waals surface area contributed by atoms with Crippen molar-refractivity contribution in [1.82, 2.24) is 0 Å². The second-order valence-electron chi connectivity index (χ2n) is 13.9. The predicted octanol–water partition coefficient (Wildman–Crippen LogP) is 10.7. The van der Waals surface area contributed by atoms with E-state index in [2.05, 4.69) is 176 Å². The molecule has 3 nitrogen and oxygen atoms in total. The summed E-state index contributed by atoms with van der Waals surface area (Å²) in [5.74, 6) is 0.330. The minimum atomic E-state index is -1.55. The molecule has 0 bridgehead atoms. The molecule has 0 saturated heterocycles. The number of benzene rings is 4. The van der Waals surface area contributed by atoms with Crippen LogP contribution in [0.15, 0.2) is 146 Å². The van der Waals surface area contributed by atoms with Crippen LogP contribution in [0.4, 0.5) is 17.1 Å². The molecule has 0 fully saturated rings. The number of hydrogen-bond donors (Lipinski definition) is 1. The van der Waals surface area contributed by atoms with E-state index in [4.69, 9.17) is 6.58 Å². The van der Waals surface area contributed by atoms with Crippen molar-refractivity contribution in [2.45, 2.75) is 57.8 Å². The lowest BCUT2D eigenvalue weighted by Gasteiger charge is -2.34. The fourth-order valence-electron chi connectivity index (χ4n) is 7.07. The van der Waals surface area contributed by atoms with E-state index in [1.807, 2.05) is 0 Å². The van der Waals surface area contributed by atoms with E-state index >= 15 is 0 Å². The molecule has 47 heavy (non-hydrogen) atoms. The van der Waals surface area contributed by atoms with Gasteiger partial charge in [-0.05, 0) is 55.0 Å². The number of rotatable bonds is 11. The molecule has 0 spiro atoms. The largest absolute Gasteiger partial charge is 0.353 e. The Bertz CT molecular complexity index is 1960. The molecule has 2 atom stereocenters. The highest BCUT2D eigenvalue weighted by atomic mass is 28.3. The minimum absolute atomic E-state index is 0.225. The summed E-state index contributed by atoms with van der Waals surface area (Å²) in [6, 6.07) is 37.5. The van der Waals surface area contributed by atoms with Crippen LogP contribution in [-0.4, -0.2) is 15.1 Å². The summed E-state index contributed by atoms with van der Waals surface area (Å²) in [5, 5.41) is 7.67. The second-order valence-corrected chi connectivity index (χ2v) is 19.0. The van der Waals surface area contributed by atoms with Crippen LogP contribution in [0.5, 0.6) is 0 Å². The number of aromatic nitrogens is 1. The van der Waals surface area contributed by atoms with Crippen LogP contribution in [0.25, 0.3) is 22.0 Å². The van der Waals surface area contributed by atoms with Crippen LogP contribution in [0.2, 0.25) is 19.6 Å². The molecule has 2 heterocycles. The zero-order chi connectivity index (χ0) is 33.1. The van der Waals surface area contributed by atoms with E-state index in [0.29, 0.717) is 5.92 Å². The number of fused-ring (bicyclic) bond motifs is 4. The Morgan fingerprint density at radius 1 is 0.851 bits per heavy atom. The number of allylic oxidation sites excluding steroid dienone is 4. The van der Waals surface area contributed by atoms with Crippen molar-refractivity contribution in [3.8, 4) is 11.3 Å². The first kappa shape index (κ1) is 32.3. The van der Waals surface area contributed by atoms with E-state index in [1.54, 1.807) is 0 Å². The summed E-state index contributed by atoms with van der Waals surface area (Å²) in [5.41, 5.74) is 9.62. The maximum atomic E-state index is 4.75. The standard InChI is InChI=1S/C43H48N3Si/c1-8-16-31(2)25-27-38-36-20-11-12-21-37(36)41-28-26-34(47(5,6)7)30-46(41)43(38)29-32(3)45(4)42-24-14-13-22-40(42)44-39-23-15-18-33-17-9-10-19-35(33)39/h8-24,26,28,30,38,43-44H,2-3,25,27,29H2,1,4-7H3/q+1/b16-8-. The fourth-order valence-corrected chi connectivity index (χ4v) is 8.18. The molecular formula is C43H48N3Si+. The monoisotopic (exact) mass is 634 g/mol. The molecule has 238 valence electrons. The number of nitrogens with zero attached hydrogens (tertiary/aromatic N) is 2. The summed E-state index contributed by atoms with van der Waals surface area (Å²) in [4.78, 5) is 2.28. The maximum Gasteiger partial charge on any atom is 0.213 e. The highest BCUT2D eigenvalue weighted by molar-refractivity contribution is 6.88. The maximum absolute atomic E-state index is 4.75. The zero-order valence-corrected chi connectivity index (χ0v) is 29.6. The van der Waals surface area contributed by atoms with Crippen molar-refractivity contribution in [2.24, 2.45) is 0 Å². The normalized spacial score (nSPS) is 15.7. The van der Waals surface area contributed by atoms with Gasteiger partial charge in [-0.15, -0.1) is 0 Å². The van der Waals surface area contributed by atoms with E-state index in [1.165, 1.54) is 38.4 Å². The molecule has 1 aliphatic heterocycles. The summed E-state index contributed by atoms with van der Waals surface area (Å²) >= 11 is 0. The lowest BCUT2D eigenvalue weighted by atomic mass is 9.78. The summed E-state index contributed by atoms with van der Waals surface area (Å²) in [6.45, 7) is 18.5.